The predicted molar refractivity (Wildman–Crippen MR) is 95.3 cm³/mol. The molecule has 0 aliphatic heterocycles. The van der Waals surface area contributed by atoms with Crippen molar-refractivity contribution in [2.24, 2.45) is 16.7 Å². The smallest absolute Gasteiger partial charge is 0.267 e. The third-order valence-electron chi connectivity index (χ3n) is 6.62. The van der Waals surface area contributed by atoms with E-state index in [9.17, 15) is 4.79 Å². The van der Waals surface area contributed by atoms with Crippen LogP contribution < -0.4 is 10.1 Å². The van der Waals surface area contributed by atoms with Gasteiger partial charge in [-0.05, 0) is 60.3 Å². The summed E-state index contributed by atoms with van der Waals surface area (Å²) in [5.74, 6) is 1.52. The Balaban J connectivity index is 1.60. The van der Waals surface area contributed by atoms with Gasteiger partial charge < -0.3 is 15.0 Å². The number of rotatable bonds is 3. The fraction of sp³-hybridized carbons (Fsp3) is 0.550. The van der Waals surface area contributed by atoms with E-state index in [1.165, 1.54) is 19.3 Å². The maximum atomic E-state index is 12.9. The fourth-order valence-electron chi connectivity index (χ4n) is 5.23. The molecule has 2 aliphatic rings. The molecular formula is C20H26N2O2. The fourth-order valence-corrected chi connectivity index (χ4v) is 5.23. The van der Waals surface area contributed by atoms with Crippen molar-refractivity contribution in [3.8, 4) is 5.75 Å². The number of ether oxygens (including phenoxy) is 1. The highest BCUT2D eigenvalue weighted by molar-refractivity contribution is 5.98. The van der Waals surface area contributed by atoms with Crippen LogP contribution in [0, 0.1) is 16.7 Å². The number of carbonyl (C=O) groups excluding carboxylic acids is 1. The van der Waals surface area contributed by atoms with Crippen molar-refractivity contribution in [1.29, 1.82) is 0 Å². The van der Waals surface area contributed by atoms with E-state index in [1.807, 2.05) is 24.3 Å². The SMILES string of the molecule is COc1ccc2[nH]c(C(=O)N[C@H]3C(C)(C)[C@H]4CC[C@]3(C)C4)cc2c1. The van der Waals surface area contributed by atoms with Crippen LogP contribution in [0.4, 0.5) is 0 Å². The minimum absolute atomic E-state index is 0.00276. The Kier molecular flexibility index (Phi) is 3.25. The van der Waals surface area contributed by atoms with Gasteiger partial charge in [-0.3, -0.25) is 4.79 Å². The molecule has 4 nitrogen and oxygen atoms in total. The number of fused-ring (bicyclic) bond motifs is 3. The molecule has 1 heterocycles. The van der Waals surface area contributed by atoms with Gasteiger partial charge in [0, 0.05) is 16.9 Å². The van der Waals surface area contributed by atoms with Crippen LogP contribution in [-0.2, 0) is 0 Å². The minimum Gasteiger partial charge on any atom is -0.497 e. The van der Waals surface area contributed by atoms with Crippen molar-refractivity contribution >= 4 is 16.8 Å². The van der Waals surface area contributed by atoms with Crippen LogP contribution in [0.5, 0.6) is 5.75 Å². The maximum absolute atomic E-state index is 12.9. The lowest BCUT2D eigenvalue weighted by Gasteiger charge is -2.43. The lowest BCUT2D eigenvalue weighted by atomic mass is 9.68. The van der Waals surface area contributed by atoms with E-state index in [-0.39, 0.29) is 22.8 Å². The van der Waals surface area contributed by atoms with Crippen LogP contribution in [-0.4, -0.2) is 24.0 Å². The van der Waals surface area contributed by atoms with E-state index < -0.39 is 0 Å². The van der Waals surface area contributed by atoms with Gasteiger partial charge in [0.15, 0.2) is 0 Å². The summed E-state index contributed by atoms with van der Waals surface area (Å²) < 4.78 is 5.26. The average Bonchev–Trinajstić information content (AvgIpc) is 3.19. The highest BCUT2D eigenvalue weighted by Crippen LogP contribution is 2.62. The summed E-state index contributed by atoms with van der Waals surface area (Å²) in [7, 11) is 1.65. The number of aromatic nitrogens is 1. The molecule has 0 saturated heterocycles. The quantitative estimate of drug-likeness (QED) is 0.891. The third kappa shape index (κ3) is 2.15. The van der Waals surface area contributed by atoms with Crippen molar-refractivity contribution in [1.82, 2.24) is 10.3 Å². The van der Waals surface area contributed by atoms with Crippen LogP contribution in [0.2, 0.25) is 0 Å². The van der Waals surface area contributed by atoms with Crippen molar-refractivity contribution in [2.45, 2.75) is 46.1 Å². The molecule has 0 radical (unpaired) electrons. The van der Waals surface area contributed by atoms with E-state index >= 15 is 0 Å². The number of amides is 1. The number of methoxy groups -OCH3 is 1. The van der Waals surface area contributed by atoms with Crippen LogP contribution >= 0.6 is 0 Å². The average molecular weight is 326 g/mol. The van der Waals surface area contributed by atoms with Crippen LogP contribution in [0.15, 0.2) is 24.3 Å². The predicted octanol–water partition coefficient (Wildman–Crippen LogP) is 4.12. The molecule has 2 fully saturated rings. The molecule has 2 aromatic rings. The lowest BCUT2D eigenvalue weighted by molar-refractivity contribution is 0.0734. The van der Waals surface area contributed by atoms with Gasteiger partial charge in [-0.15, -0.1) is 0 Å². The Bertz CT molecular complexity index is 802. The summed E-state index contributed by atoms with van der Waals surface area (Å²) in [5.41, 5.74) is 1.98. The van der Waals surface area contributed by atoms with Crippen molar-refractivity contribution in [3.05, 3.63) is 30.0 Å². The largest absolute Gasteiger partial charge is 0.497 e. The third-order valence-corrected chi connectivity index (χ3v) is 6.62. The standard InChI is InChI=1S/C20H26N2O2/c1-19(2)13-7-8-20(3,11-13)18(19)22-17(23)16-10-12-9-14(24-4)5-6-15(12)21-16/h5-6,9-10,13,18,21H,7-8,11H2,1-4H3,(H,22,23)/t13-,18-,20+/m0/s1. The lowest BCUT2D eigenvalue weighted by Crippen LogP contribution is -2.52. The summed E-state index contributed by atoms with van der Waals surface area (Å²) in [6.45, 7) is 6.95. The second-order valence-corrected chi connectivity index (χ2v) is 8.46. The van der Waals surface area contributed by atoms with Gasteiger partial charge in [-0.25, -0.2) is 0 Å². The Morgan fingerprint density at radius 3 is 2.75 bits per heavy atom. The molecule has 24 heavy (non-hydrogen) atoms. The highest BCUT2D eigenvalue weighted by Gasteiger charge is 2.59. The summed E-state index contributed by atoms with van der Waals surface area (Å²) in [6.07, 6.45) is 3.74. The molecule has 1 aromatic carbocycles. The first kappa shape index (κ1) is 15.6. The topological polar surface area (TPSA) is 54.1 Å². The van der Waals surface area contributed by atoms with Crippen LogP contribution in [0.1, 0.15) is 50.5 Å². The van der Waals surface area contributed by atoms with Gasteiger partial charge in [0.25, 0.3) is 5.91 Å². The van der Waals surface area contributed by atoms with E-state index in [0.29, 0.717) is 5.69 Å². The van der Waals surface area contributed by atoms with Crippen LogP contribution in [0.25, 0.3) is 10.9 Å². The monoisotopic (exact) mass is 326 g/mol. The number of aromatic amines is 1. The van der Waals surface area contributed by atoms with E-state index in [0.717, 1.165) is 22.6 Å². The first-order valence-electron chi connectivity index (χ1n) is 8.81. The molecule has 1 amide bonds. The molecule has 0 spiro atoms. The Morgan fingerprint density at radius 1 is 1.29 bits per heavy atom. The molecule has 2 saturated carbocycles. The zero-order valence-electron chi connectivity index (χ0n) is 14.9. The van der Waals surface area contributed by atoms with Gasteiger partial charge in [0.05, 0.1) is 7.11 Å². The summed E-state index contributed by atoms with van der Waals surface area (Å²) in [6, 6.07) is 7.95. The second kappa shape index (κ2) is 5.01. The molecular weight excluding hydrogens is 300 g/mol. The Hall–Kier alpha value is -1.97. The number of benzene rings is 1. The van der Waals surface area contributed by atoms with E-state index in [2.05, 4.69) is 31.1 Å². The first-order valence-corrected chi connectivity index (χ1v) is 8.81. The second-order valence-electron chi connectivity index (χ2n) is 8.46. The normalized spacial score (nSPS) is 30.7. The molecule has 1 aromatic heterocycles. The zero-order valence-corrected chi connectivity index (χ0v) is 14.9. The summed E-state index contributed by atoms with van der Waals surface area (Å²) >= 11 is 0. The summed E-state index contributed by atoms with van der Waals surface area (Å²) in [5, 5.41) is 4.34. The Morgan fingerprint density at radius 2 is 2.08 bits per heavy atom. The number of hydrogen-bond donors (Lipinski definition) is 2. The van der Waals surface area contributed by atoms with Gasteiger partial charge in [0.2, 0.25) is 0 Å². The highest BCUT2D eigenvalue weighted by atomic mass is 16.5. The maximum Gasteiger partial charge on any atom is 0.267 e. The molecule has 3 atom stereocenters. The molecule has 128 valence electrons. The molecule has 2 bridgehead atoms. The molecule has 0 unspecified atom stereocenters. The van der Waals surface area contributed by atoms with Gasteiger partial charge >= 0.3 is 0 Å². The van der Waals surface area contributed by atoms with E-state index in [1.54, 1.807) is 7.11 Å². The van der Waals surface area contributed by atoms with Crippen molar-refractivity contribution in [2.75, 3.05) is 7.11 Å². The number of nitrogens with one attached hydrogen (secondary N) is 2. The molecule has 2 aliphatic carbocycles. The number of carbonyl (C=O) groups is 1. The van der Waals surface area contributed by atoms with Crippen LogP contribution in [0.3, 0.4) is 0 Å². The molecule has 2 N–H and O–H groups in total. The summed E-state index contributed by atoms with van der Waals surface area (Å²) in [4.78, 5) is 16.1. The van der Waals surface area contributed by atoms with E-state index in [4.69, 9.17) is 4.74 Å². The van der Waals surface area contributed by atoms with Gasteiger partial charge in [-0.2, -0.15) is 0 Å². The van der Waals surface area contributed by atoms with Crippen molar-refractivity contribution in [3.63, 3.8) is 0 Å². The zero-order chi connectivity index (χ0) is 17.1. The molecule has 4 rings (SSSR count). The number of H-pyrrole nitrogens is 1. The van der Waals surface area contributed by atoms with Gasteiger partial charge in [-0.1, -0.05) is 20.8 Å². The number of hydrogen-bond acceptors (Lipinski definition) is 2. The van der Waals surface area contributed by atoms with Crippen molar-refractivity contribution < 1.29 is 9.53 Å². The Labute approximate surface area is 143 Å². The van der Waals surface area contributed by atoms with Gasteiger partial charge in [0.1, 0.15) is 11.4 Å². The molecule has 4 heteroatoms. The minimum atomic E-state index is -0.00276. The first-order chi connectivity index (χ1) is 11.3.